The lowest BCUT2D eigenvalue weighted by molar-refractivity contribution is -0.141. The van der Waals surface area contributed by atoms with Crippen molar-refractivity contribution < 1.29 is 17.9 Å². The van der Waals surface area contributed by atoms with Crippen molar-refractivity contribution in [1.82, 2.24) is 9.78 Å². The fourth-order valence-corrected chi connectivity index (χ4v) is 1.47. The zero-order valence-electron chi connectivity index (χ0n) is 9.40. The van der Waals surface area contributed by atoms with Crippen LogP contribution in [0.5, 0.6) is 5.75 Å². The van der Waals surface area contributed by atoms with Crippen LogP contribution in [0.25, 0.3) is 5.69 Å². The van der Waals surface area contributed by atoms with Gasteiger partial charge in [-0.15, -0.1) is 0 Å². The average Bonchev–Trinajstić information content (AvgIpc) is 2.77. The van der Waals surface area contributed by atoms with Gasteiger partial charge in [0.2, 0.25) is 0 Å². The summed E-state index contributed by atoms with van der Waals surface area (Å²) in [7, 11) is 1.45. The Morgan fingerprint density at radius 2 is 2.00 bits per heavy atom. The van der Waals surface area contributed by atoms with Crippen molar-refractivity contribution in [2.45, 2.75) is 6.18 Å². The number of rotatable bonds is 2. The lowest BCUT2D eigenvalue weighted by Gasteiger charge is -2.07. The van der Waals surface area contributed by atoms with E-state index in [0.717, 1.165) is 10.7 Å². The first-order valence-electron chi connectivity index (χ1n) is 4.98. The van der Waals surface area contributed by atoms with Crippen LogP contribution in [0, 0.1) is 0 Å². The van der Waals surface area contributed by atoms with Gasteiger partial charge in [-0.1, -0.05) is 0 Å². The molecule has 18 heavy (non-hydrogen) atoms. The predicted molar refractivity (Wildman–Crippen MR) is 59.5 cm³/mol. The van der Waals surface area contributed by atoms with Crippen molar-refractivity contribution in [3.05, 3.63) is 36.2 Å². The maximum absolute atomic E-state index is 12.4. The van der Waals surface area contributed by atoms with Gasteiger partial charge in [0.25, 0.3) is 0 Å². The van der Waals surface area contributed by atoms with Crippen molar-refractivity contribution in [2.75, 3.05) is 12.8 Å². The summed E-state index contributed by atoms with van der Waals surface area (Å²) in [6.45, 7) is 0. The van der Waals surface area contributed by atoms with Gasteiger partial charge in [-0.25, -0.2) is 4.68 Å². The van der Waals surface area contributed by atoms with Gasteiger partial charge in [-0.2, -0.15) is 18.3 Å². The minimum atomic E-state index is -4.46. The van der Waals surface area contributed by atoms with Crippen LogP contribution in [0.2, 0.25) is 0 Å². The van der Waals surface area contributed by atoms with E-state index in [4.69, 9.17) is 10.5 Å². The second-order valence-corrected chi connectivity index (χ2v) is 3.61. The van der Waals surface area contributed by atoms with Gasteiger partial charge >= 0.3 is 6.18 Å². The fraction of sp³-hybridized carbons (Fsp3) is 0.182. The molecule has 0 atom stereocenters. The van der Waals surface area contributed by atoms with Crippen LogP contribution < -0.4 is 10.5 Å². The highest BCUT2D eigenvalue weighted by atomic mass is 19.4. The second kappa shape index (κ2) is 4.25. The number of hydrogen-bond donors (Lipinski definition) is 1. The quantitative estimate of drug-likeness (QED) is 0.841. The molecular formula is C11H10F3N3O. The highest BCUT2D eigenvalue weighted by Crippen LogP contribution is 2.28. The molecule has 0 fully saturated rings. The average molecular weight is 257 g/mol. The number of ether oxygens (including phenoxy) is 1. The number of halogens is 3. The Kier molecular flexibility index (Phi) is 2.90. The van der Waals surface area contributed by atoms with Crippen LogP contribution in [-0.2, 0) is 6.18 Å². The summed E-state index contributed by atoms with van der Waals surface area (Å²) in [6, 6.07) is 5.52. The first-order chi connectivity index (χ1) is 8.40. The lowest BCUT2D eigenvalue weighted by atomic mass is 10.2. The molecule has 0 aliphatic rings. The molecule has 1 aromatic carbocycles. The number of alkyl halides is 3. The van der Waals surface area contributed by atoms with E-state index in [1.807, 2.05) is 0 Å². The number of nitrogens with two attached hydrogens (primary N) is 1. The SMILES string of the molecule is COc1cc(N)cc(-n2ccc(C(F)(F)F)n2)c1. The van der Waals surface area contributed by atoms with Crippen molar-refractivity contribution in [3.8, 4) is 11.4 Å². The van der Waals surface area contributed by atoms with Crippen LogP contribution in [-0.4, -0.2) is 16.9 Å². The van der Waals surface area contributed by atoms with Gasteiger partial charge in [-0.05, 0) is 12.1 Å². The Morgan fingerprint density at radius 3 is 2.56 bits per heavy atom. The zero-order valence-corrected chi connectivity index (χ0v) is 9.40. The molecule has 1 heterocycles. The van der Waals surface area contributed by atoms with E-state index in [2.05, 4.69) is 5.10 Å². The maximum Gasteiger partial charge on any atom is 0.435 e. The summed E-state index contributed by atoms with van der Waals surface area (Å²) in [5, 5.41) is 3.45. The smallest absolute Gasteiger partial charge is 0.435 e. The van der Waals surface area contributed by atoms with Gasteiger partial charge in [0.15, 0.2) is 5.69 Å². The topological polar surface area (TPSA) is 53.1 Å². The molecule has 4 nitrogen and oxygen atoms in total. The molecule has 1 aromatic heterocycles. The van der Waals surface area contributed by atoms with Crippen molar-refractivity contribution in [1.29, 1.82) is 0 Å². The molecule has 2 N–H and O–H groups in total. The number of benzene rings is 1. The van der Waals surface area contributed by atoms with Crippen LogP contribution >= 0.6 is 0 Å². The molecule has 0 aliphatic heterocycles. The molecule has 0 spiro atoms. The summed E-state index contributed by atoms with van der Waals surface area (Å²) in [6.07, 6.45) is -3.24. The molecule has 2 rings (SSSR count). The third kappa shape index (κ3) is 2.39. The maximum atomic E-state index is 12.4. The number of nitrogen functional groups attached to an aromatic ring is 1. The molecule has 0 radical (unpaired) electrons. The number of aromatic nitrogens is 2. The van der Waals surface area contributed by atoms with Crippen LogP contribution in [0.3, 0.4) is 0 Å². The van der Waals surface area contributed by atoms with Gasteiger partial charge < -0.3 is 10.5 Å². The molecule has 96 valence electrons. The lowest BCUT2D eigenvalue weighted by Crippen LogP contribution is -2.07. The molecule has 0 saturated heterocycles. The van der Waals surface area contributed by atoms with E-state index in [9.17, 15) is 13.2 Å². The van der Waals surface area contributed by atoms with Crippen LogP contribution in [0.4, 0.5) is 18.9 Å². The van der Waals surface area contributed by atoms with Gasteiger partial charge in [0, 0.05) is 24.0 Å². The van der Waals surface area contributed by atoms with E-state index in [1.165, 1.54) is 19.4 Å². The third-order valence-electron chi connectivity index (χ3n) is 2.29. The fourth-order valence-electron chi connectivity index (χ4n) is 1.47. The molecule has 0 unspecified atom stereocenters. The minimum absolute atomic E-state index is 0.383. The van der Waals surface area contributed by atoms with Crippen LogP contribution in [0.15, 0.2) is 30.5 Å². The standard InChI is InChI=1S/C11H10F3N3O/c1-18-9-5-7(15)4-8(6-9)17-3-2-10(16-17)11(12,13)14/h2-6H,15H2,1H3. The van der Waals surface area contributed by atoms with Crippen LogP contribution in [0.1, 0.15) is 5.69 Å². The Bertz CT molecular complexity index is 563. The van der Waals surface area contributed by atoms with Crippen molar-refractivity contribution in [2.24, 2.45) is 0 Å². The molecule has 0 saturated carbocycles. The molecule has 7 heteroatoms. The monoisotopic (exact) mass is 257 g/mol. The summed E-state index contributed by atoms with van der Waals surface area (Å²) in [5.41, 5.74) is 5.45. The Morgan fingerprint density at radius 1 is 1.28 bits per heavy atom. The number of hydrogen-bond acceptors (Lipinski definition) is 3. The number of nitrogens with zero attached hydrogens (tertiary/aromatic N) is 2. The van der Waals surface area contributed by atoms with Gasteiger partial charge in [0.05, 0.1) is 12.8 Å². The third-order valence-corrected chi connectivity index (χ3v) is 2.29. The van der Waals surface area contributed by atoms with E-state index in [-0.39, 0.29) is 0 Å². The second-order valence-electron chi connectivity index (χ2n) is 3.61. The van der Waals surface area contributed by atoms with E-state index >= 15 is 0 Å². The summed E-state index contributed by atoms with van der Waals surface area (Å²) < 4.78 is 43.3. The largest absolute Gasteiger partial charge is 0.497 e. The normalized spacial score (nSPS) is 11.6. The highest BCUT2D eigenvalue weighted by molar-refractivity contribution is 5.53. The molecular weight excluding hydrogens is 247 g/mol. The minimum Gasteiger partial charge on any atom is -0.497 e. The Balaban J connectivity index is 2.43. The molecule has 0 aliphatic carbocycles. The zero-order chi connectivity index (χ0) is 13.3. The molecule has 2 aromatic rings. The number of anilines is 1. The van der Waals surface area contributed by atoms with Crippen molar-refractivity contribution >= 4 is 5.69 Å². The van der Waals surface area contributed by atoms with Crippen molar-refractivity contribution in [3.63, 3.8) is 0 Å². The molecule has 0 amide bonds. The van der Waals surface area contributed by atoms with E-state index in [1.54, 1.807) is 12.1 Å². The molecule has 0 bridgehead atoms. The number of methoxy groups -OCH3 is 1. The first-order valence-corrected chi connectivity index (χ1v) is 4.98. The van der Waals surface area contributed by atoms with Gasteiger partial charge in [-0.3, -0.25) is 0 Å². The Hall–Kier alpha value is -2.18. The van der Waals surface area contributed by atoms with Gasteiger partial charge in [0.1, 0.15) is 5.75 Å². The Labute approximate surface area is 101 Å². The van der Waals surface area contributed by atoms with E-state index < -0.39 is 11.9 Å². The summed E-state index contributed by atoms with van der Waals surface area (Å²) >= 11 is 0. The highest BCUT2D eigenvalue weighted by Gasteiger charge is 2.33. The summed E-state index contributed by atoms with van der Waals surface area (Å²) in [4.78, 5) is 0. The van der Waals surface area contributed by atoms with E-state index in [0.29, 0.717) is 17.1 Å². The predicted octanol–water partition coefficient (Wildman–Crippen LogP) is 2.48. The summed E-state index contributed by atoms with van der Waals surface area (Å²) in [5.74, 6) is 0.453. The first kappa shape index (κ1) is 12.3.